The van der Waals surface area contributed by atoms with Crippen LogP contribution in [0.1, 0.15) is 15.9 Å². The number of sulfonamides is 1. The van der Waals surface area contributed by atoms with Crippen molar-refractivity contribution in [1.82, 2.24) is 5.32 Å². The Bertz CT molecular complexity index is 1240. The van der Waals surface area contributed by atoms with Crippen LogP contribution in [0.5, 0.6) is 0 Å². The molecular weight excluding hydrogens is 444 g/mol. The third kappa shape index (κ3) is 5.66. The van der Waals surface area contributed by atoms with Crippen molar-refractivity contribution < 1.29 is 18.1 Å². The lowest BCUT2D eigenvalue weighted by Crippen LogP contribution is -2.29. The lowest BCUT2D eigenvalue weighted by atomic mass is 10.2. The van der Waals surface area contributed by atoms with Gasteiger partial charge in [0.25, 0.3) is 21.6 Å². The Morgan fingerprint density at radius 1 is 0.970 bits per heavy atom. The molecule has 10 heteroatoms. The highest BCUT2D eigenvalue weighted by Gasteiger charge is 2.21. The quantitative estimate of drug-likeness (QED) is 0.281. The molecule has 0 unspecified atom stereocenters. The van der Waals surface area contributed by atoms with Gasteiger partial charge in [-0.1, -0.05) is 29.8 Å². The SMILES string of the molecule is Cc1ccc(S(=O)(=O)N(C)c2ccc(C(=O)NCCNc3ccccc3[N+](=O)[O-])cc2)cc1. The molecule has 2 N–H and O–H groups in total. The average Bonchev–Trinajstić information content (AvgIpc) is 2.81. The second kappa shape index (κ2) is 10.1. The minimum Gasteiger partial charge on any atom is -0.378 e. The van der Waals surface area contributed by atoms with Gasteiger partial charge in [-0.15, -0.1) is 0 Å². The van der Waals surface area contributed by atoms with Crippen LogP contribution < -0.4 is 14.9 Å². The number of hydrogen-bond acceptors (Lipinski definition) is 6. The van der Waals surface area contributed by atoms with E-state index in [0.717, 1.165) is 9.87 Å². The molecule has 3 aromatic rings. The van der Waals surface area contributed by atoms with Gasteiger partial charge in [-0.05, 0) is 49.4 Å². The number of aryl methyl sites for hydroxylation is 1. The number of carbonyl (C=O) groups is 1. The largest absolute Gasteiger partial charge is 0.378 e. The van der Waals surface area contributed by atoms with Crippen LogP contribution >= 0.6 is 0 Å². The van der Waals surface area contributed by atoms with E-state index in [9.17, 15) is 23.3 Å². The molecule has 0 aliphatic carbocycles. The van der Waals surface area contributed by atoms with Crippen molar-refractivity contribution in [2.45, 2.75) is 11.8 Å². The van der Waals surface area contributed by atoms with Gasteiger partial charge < -0.3 is 10.6 Å². The van der Waals surface area contributed by atoms with Crippen LogP contribution in [-0.2, 0) is 10.0 Å². The first-order valence-electron chi connectivity index (χ1n) is 10.1. The zero-order valence-corrected chi connectivity index (χ0v) is 19.0. The Labute approximate surface area is 192 Å². The monoisotopic (exact) mass is 468 g/mol. The van der Waals surface area contributed by atoms with Crippen LogP contribution in [0.2, 0.25) is 0 Å². The van der Waals surface area contributed by atoms with E-state index in [1.54, 1.807) is 66.7 Å². The first-order valence-corrected chi connectivity index (χ1v) is 11.6. The Kier molecular flexibility index (Phi) is 7.29. The maximum Gasteiger partial charge on any atom is 0.292 e. The van der Waals surface area contributed by atoms with E-state index < -0.39 is 14.9 Å². The van der Waals surface area contributed by atoms with E-state index >= 15 is 0 Å². The summed E-state index contributed by atoms with van der Waals surface area (Å²) < 4.78 is 26.8. The lowest BCUT2D eigenvalue weighted by molar-refractivity contribution is -0.384. The number of nitro benzene ring substituents is 1. The van der Waals surface area contributed by atoms with Gasteiger partial charge in [-0.3, -0.25) is 19.2 Å². The van der Waals surface area contributed by atoms with Gasteiger partial charge in [0.2, 0.25) is 0 Å². The molecule has 172 valence electrons. The van der Waals surface area contributed by atoms with E-state index in [2.05, 4.69) is 10.6 Å². The topological polar surface area (TPSA) is 122 Å². The number of amides is 1. The van der Waals surface area contributed by atoms with Crippen molar-refractivity contribution in [3.05, 3.63) is 94.0 Å². The Morgan fingerprint density at radius 2 is 1.61 bits per heavy atom. The number of nitrogens with one attached hydrogen (secondary N) is 2. The van der Waals surface area contributed by atoms with Crippen LogP contribution in [-0.4, -0.2) is 39.4 Å². The summed E-state index contributed by atoms with van der Waals surface area (Å²) in [6, 6.07) is 19.1. The van der Waals surface area contributed by atoms with Crippen molar-refractivity contribution in [1.29, 1.82) is 0 Å². The summed E-state index contributed by atoms with van der Waals surface area (Å²) in [7, 11) is -2.26. The molecule has 3 rings (SSSR count). The summed E-state index contributed by atoms with van der Waals surface area (Å²) >= 11 is 0. The first-order chi connectivity index (χ1) is 15.7. The van der Waals surface area contributed by atoms with Crippen molar-refractivity contribution in [2.75, 3.05) is 29.8 Å². The maximum atomic E-state index is 12.8. The summed E-state index contributed by atoms with van der Waals surface area (Å²) in [6.07, 6.45) is 0. The Morgan fingerprint density at radius 3 is 2.24 bits per heavy atom. The number of rotatable bonds is 9. The van der Waals surface area contributed by atoms with Gasteiger partial charge in [0.1, 0.15) is 5.69 Å². The van der Waals surface area contributed by atoms with Crippen molar-refractivity contribution in [3.8, 4) is 0 Å². The number of carbonyl (C=O) groups excluding carboxylic acids is 1. The lowest BCUT2D eigenvalue weighted by Gasteiger charge is -2.20. The van der Waals surface area contributed by atoms with Gasteiger partial charge in [-0.25, -0.2) is 8.42 Å². The second-order valence-corrected chi connectivity index (χ2v) is 9.26. The average molecular weight is 469 g/mol. The molecule has 0 aliphatic rings. The number of anilines is 2. The molecule has 3 aromatic carbocycles. The normalized spacial score (nSPS) is 11.0. The van der Waals surface area contributed by atoms with E-state index in [1.807, 2.05) is 6.92 Å². The third-order valence-electron chi connectivity index (χ3n) is 5.00. The number of para-hydroxylation sites is 2. The van der Waals surface area contributed by atoms with Crippen molar-refractivity contribution in [3.63, 3.8) is 0 Å². The summed E-state index contributed by atoms with van der Waals surface area (Å²) in [6.45, 7) is 2.42. The zero-order valence-electron chi connectivity index (χ0n) is 18.2. The van der Waals surface area contributed by atoms with E-state index in [1.165, 1.54) is 13.1 Å². The number of nitrogens with zero attached hydrogens (tertiary/aromatic N) is 2. The number of nitro groups is 1. The second-order valence-electron chi connectivity index (χ2n) is 7.29. The minimum atomic E-state index is -3.72. The molecule has 0 fully saturated rings. The molecular formula is C23H24N4O5S. The molecule has 1 amide bonds. The molecule has 0 aliphatic heterocycles. The molecule has 33 heavy (non-hydrogen) atoms. The molecule has 0 bridgehead atoms. The van der Waals surface area contributed by atoms with Gasteiger partial charge >= 0.3 is 0 Å². The fourth-order valence-electron chi connectivity index (χ4n) is 3.09. The highest BCUT2D eigenvalue weighted by atomic mass is 32.2. The summed E-state index contributed by atoms with van der Waals surface area (Å²) in [4.78, 5) is 23.1. The molecule has 0 saturated heterocycles. The van der Waals surface area contributed by atoms with Crippen LogP contribution in [0.25, 0.3) is 0 Å². The molecule has 0 aromatic heterocycles. The van der Waals surface area contributed by atoms with Crippen LogP contribution in [0.15, 0.2) is 77.7 Å². The standard InChI is InChI=1S/C23H24N4O5S/c1-17-7-13-20(14-8-17)33(31,32)26(2)19-11-9-18(10-12-19)23(28)25-16-15-24-21-5-3-4-6-22(21)27(29)30/h3-14,24H,15-16H2,1-2H3,(H,25,28). The van der Waals surface area contributed by atoms with Gasteiger partial charge in [0.05, 0.1) is 15.5 Å². The number of hydrogen-bond donors (Lipinski definition) is 2. The van der Waals surface area contributed by atoms with Crippen LogP contribution in [0.4, 0.5) is 17.1 Å². The van der Waals surface area contributed by atoms with Crippen LogP contribution in [0.3, 0.4) is 0 Å². The maximum absolute atomic E-state index is 12.8. The van der Waals surface area contributed by atoms with E-state index in [0.29, 0.717) is 23.5 Å². The Hall–Kier alpha value is -3.92. The predicted octanol–water partition coefficient (Wildman–Crippen LogP) is 3.57. The highest BCUT2D eigenvalue weighted by Crippen LogP contribution is 2.23. The predicted molar refractivity (Wildman–Crippen MR) is 127 cm³/mol. The Balaban J connectivity index is 1.58. The first kappa shape index (κ1) is 23.7. The molecule has 0 radical (unpaired) electrons. The number of benzene rings is 3. The van der Waals surface area contributed by atoms with Crippen molar-refractivity contribution in [2.24, 2.45) is 0 Å². The van der Waals surface area contributed by atoms with Gasteiger partial charge in [0, 0.05) is 31.8 Å². The molecule has 0 spiro atoms. The van der Waals surface area contributed by atoms with Crippen LogP contribution in [0, 0.1) is 17.0 Å². The fourth-order valence-corrected chi connectivity index (χ4v) is 4.28. The third-order valence-corrected chi connectivity index (χ3v) is 6.80. The van der Waals surface area contributed by atoms with Gasteiger partial charge in [-0.2, -0.15) is 0 Å². The molecule has 0 heterocycles. The summed E-state index contributed by atoms with van der Waals surface area (Å²) in [5, 5.41) is 16.7. The molecule has 0 saturated carbocycles. The van der Waals surface area contributed by atoms with Gasteiger partial charge in [0.15, 0.2) is 0 Å². The van der Waals surface area contributed by atoms with Crippen molar-refractivity contribution >= 4 is 33.0 Å². The van der Waals surface area contributed by atoms with E-state index in [4.69, 9.17) is 0 Å². The van der Waals surface area contributed by atoms with E-state index in [-0.39, 0.29) is 23.0 Å². The smallest absolute Gasteiger partial charge is 0.292 e. The zero-order chi connectivity index (χ0) is 24.0. The fraction of sp³-hybridized carbons (Fsp3) is 0.174. The summed E-state index contributed by atoms with van der Waals surface area (Å²) in [5.74, 6) is -0.338. The molecule has 0 atom stereocenters. The molecule has 9 nitrogen and oxygen atoms in total. The highest BCUT2D eigenvalue weighted by molar-refractivity contribution is 7.92. The summed E-state index contributed by atoms with van der Waals surface area (Å²) in [5.41, 5.74) is 2.09. The minimum absolute atomic E-state index is 0.0378.